The molecule has 19 heavy (non-hydrogen) atoms. The van der Waals surface area contributed by atoms with Gasteiger partial charge in [-0.1, -0.05) is 0 Å². The van der Waals surface area contributed by atoms with Crippen molar-refractivity contribution in [1.29, 1.82) is 0 Å². The van der Waals surface area contributed by atoms with E-state index in [0.717, 1.165) is 0 Å². The number of benzene rings is 1. The topological polar surface area (TPSA) is 84.7 Å². The lowest BCUT2D eigenvalue weighted by Crippen LogP contribution is -2.34. The third-order valence-corrected chi connectivity index (χ3v) is 3.73. The van der Waals surface area contributed by atoms with Crippen molar-refractivity contribution in [2.75, 3.05) is 45.3 Å². The number of hydrogen-bond acceptors (Lipinski definition) is 5. The molecule has 0 heterocycles. The minimum Gasteiger partial charge on any atom is -0.492 e. The van der Waals surface area contributed by atoms with Crippen molar-refractivity contribution < 1.29 is 13.2 Å². The summed E-state index contributed by atoms with van der Waals surface area (Å²) in [5.41, 5.74) is 6.18. The maximum absolute atomic E-state index is 11.6. The first kappa shape index (κ1) is 15.7. The number of nitrogens with one attached hydrogen (secondary N) is 1. The Morgan fingerprint density at radius 1 is 1.26 bits per heavy atom. The van der Waals surface area contributed by atoms with Gasteiger partial charge in [0, 0.05) is 18.8 Å². The zero-order valence-electron chi connectivity index (χ0n) is 11.3. The summed E-state index contributed by atoms with van der Waals surface area (Å²) in [5, 5.41) is 0. The van der Waals surface area contributed by atoms with E-state index in [2.05, 4.69) is 4.72 Å². The van der Waals surface area contributed by atoms with Gasteiger partial charge in [0.2, 0.25) is 10.0 Å². The Morgan fingerprint density at radius 3 is 2.47 bits per heavy atom. The summed E-state index contributed by atoms with van der Waals surface area (Å²) in [4.78, 5) is 1.91. The van der Waals surface area contributed by atoms with E-state index >= 15 is 0 Å². The normalized spacial score (nSPS) is 11.7. The van der Waals surface area contributed by atoms with Gasteiger partial charge < -0.3 is 15.4 Å². The third-order valence-electron chi connectivity index (χ3n) is 2.38. The van der Waals surface area contributed by atoms with Crippen LogP contribution in [-0.2, 0) is 10.0 Å². The summed E-state index contributed by atoms with van der Waals surface area (Å²) in [7, 11) is 0.493. The molecule has 0 saturated heterocycles. The SMILES string of the molecule is CN(C)CCNS(=O)(=O)CCOc1ccc(N)cc1. The molecule has 3 N–H and O–H groups in total. The average molecular weight is 287 g/mol. The highest BCUT2D eigenvalue weighted by atomic mass is 32.2. The fraction of sp³-hybridized carbons (Fsp3) is 0.500. The molecule has 7 heteroatoms. The summed E-state index contributed by atoms with van der Waals surface area (Å²) >= 11 is 0. The van der Waals surface area contributed by atoms with E-state index in [1.807, 2.05) is 19.0 Å². The van der Waals surface area contributed by atoms with Gasteiger partial charge in [-0.3, -0.25) is 0 Å². The van der Waals surface area contributed by atoms with Crippen LogP contribution < -0.4 is 15.2 Å². The summed E-state index contributed by atoms with van der Waals surface area (Å²) in [6.07, 6.45) is 0. The molecule has 1 aromatic carbocycles. The summed E-state index contributed by atoms with van der Waals surface area (Å²) in [6, 6.07) is 6.83. The van der Waals surface area contributed by atoms with Crippen molar-refractivity contribution in [2.24, 2.45) is 0 Å². The molecule has 108 valence electrons. The van der Waals surface area contributed by atoms with Gasteiger partial charge >= 0.3 is 0 Å². The van der Waals surface area contributed by atoms with Crippen molar-refractivity contribution >= 4 is 15.7 Å². The zero-order valence-corrected chi connectivity index (χ0v) is 12.1. The summed E-state index contributed by atoms with van der Waals surface area (Å²) < 4.78 is 31.1. The predicted octanol–water partition coefficient (Wildman–Crippen LogP) is 0.129. The fourth-order valence-electron chi connectivity index (χ4n) is 1.33. The van der Waals surface area contributed by atoms with Gasteiger partial charge in [0.25, 0.3) is 0 Å². The Kier molecular flexibility index (Phi) is 6.07. The first-order valence-electron chi connectivity index (χ1n) is 5.99. The molecule has 0 spiro atoms. The highest BCUT2D eigenvalue weighted by molar-refractivity contribution is 7.89. The third kappa shape index (κ3) is 7.00. The number of ether oxygens (including phenoxy) is 1. The summed E-state index contributed by atoms with van der Waals surface area (Å²) in [6.45, 7) is 1.18. The van der Waals surface area contributed by atoms with E-state index in [1.165, 1.54) is 0 Å². The second-order valence-corrected chi connectivity index (χ2v) is 6.36. The zero-order chi connectivity index (χ0) is 14.3. The van der Waals surface area contributed by atoms with Crippen LogP contribution in [0.25, 0.3) is 0 Å². The van der Waals surface area contributed by atoms with Crippen molar-refractivity contribution in [3.05, 3.63) is 24.3 Å². The van der Waals surface area contributed by atoms with Crippen LogP contribution >= 0.6 is 0 Å². The van der Waals surface area contributed by atoms with Gasteiger partial charge in [0.15, 0.2) is 0 Å². The van der Waals surface area contributed by atoms with Gasteiger partial charge in [0.05, 0.1) is 5.75 Å². The number of rotatable bonds is 8. The van der Waals surface area contributed by atoms with Crippen LogP contribution in [0.3, 0.4) is 0 Å². The van der Waals surface area contributed by atoms with E-state index in [1.54, 1.807) is 24.3 Å². The first-order valence-corrected chi connectivity index (χ1v) is 7.65. The minimum absolute atomic E-state index is 0.0647. The smallest absolute Gasteiger partial charge is 0.214 e. The second-order valence-electron chi connectivity index (χ2n) is 4.43. The van der Waals surface area contributed by atoms with Crippen LogP contribution in [0.1, 0.15) is 0 Å². The van der Waals surface area contributed by atoms with Gasteiger partial charge in [0.1, 0.15) is 12.4 Å². The van der Waals surface area contributed by atoms with Gasteiger partial charge in [-0.15, -0.1) is 0 Å². The molecular formula is C12H21N3O3S. The first-order chi connectivity index (χ1) is 8.89. The standard InChI is InChI=1S/C12H21N3O3S/c1-15(2)8-7-14-19(16,17)10-9-18-12-5-3-11(13)4-6-12/h3-6,14H,7-10,13H2,1-2H3. The maximum Gasteiger partial charge on any atom is 0.214 e. The highest BCUT2D eigenvalue weighted by Gasteiger charge is 2.09. The number of hydrogen-bond donors (Lipinski definition) is 2. The highest BCUT2D eigenvalue weighted by Crippen LogP contribution is 2.12. The molecule has 1 rings (SSSR count). The van der Waals surface area contributed by atoms with Crippen LogP contribution in [0, 0.1) is 0 Å². The number of nitrogen functional groups attached to an aromatic ring is 1. The molecule has 0 unspecified atom stereocenters. The van der Waals surface area contributed by atoms with E-state index in [-0.39, 0.29) is 12.4 Å². The predicted molar refractivity (Wildman–Crippen MR) is 76.7 cm³/mol. The molecule has 0 atom stereocenters. The lowest BCUT2D eigenvalue weighted by molar-refractivity contribution is 0.340. The number of sulfonamides is 1. The molecule has 0 aromatic heterocycles. The fourth-order valence-corrected chi connectivity index (χ4v) is 2.18. The van der Waals surface area contributed by atoms with Gasteiger partial charge in [-0.25, -0.2) is 13.1 Å². The van der Waals surface area contributed by atoms with E-state index in [4.69, 9.17) is 10.5 Å². The van der Waals surface area contributed by atoms with Crippen LogP contribution in [0.5, 0.6) is 5.75 Å². The quantitative estimate of drug-likeness (QED) is 0.664. The summed E-state index contributed by atoms with van der Waals surface area (Å²) in [5.74, 6) is 0.544. The lowest BCUT2D eigenvalue weighted by atomic mass is 10.3. The number of anilines is 1. The van der Waals surface area contributed by atoms with Crippen molar-refractivity contribution in [2.45, 2.75) is 0 Å². The Bertz CT molecular complexity index is 471. The molecule has 6 nitrogen and oxygen atoms in total. The molecule has 0 fully saturated rings. The molecule has 0 saturated carbocycles. The van der Waals surface area contributed by atoms with Crippen LogP contribution in [0.2, 0.25) is 0 Å². The van der Waals surface area contributed by atoms with E-state index in [0.29, 0.717) is 24.5 Å². The van der Waals surface area contributed by atoms with Crippen LogP contribution in [0.4, 0.5) is 5.69 Å². The average Bonchev–Trinajstić information content (AvgIpc) is 2.30. The number of likely N-dealkylation sites (N-methyl/N-ethyl adjacent to an activating group) is 1. The Morgan fingerprint density at radius 2 is 1.89 bits per heavy atom. The Hall–Kier alpha value is -1.31. The van der Waals surface area contributed by atoms with Crippen molar-refractivity contribution in [1.82, 2.24) is 9.62 Å². The largest absolute Gasteiger partial charge is 0.492 e. The van der Waals surface area contributed by atoms with Gasteiger partial charge in [-0.2, -0.15) is 0 Å². The monoisotopic (exact) mass is 287 g/mol. The minimum atomic E-state index is -3.28. The van der Waals surface area contributed by atoms with E-state index < -0.39 is 10.0 Å². The molecule has 0 bridgehead atoms. The van der Waals surface area contributed by atoms with Gasteiger partial charge in [-0.05, 0) is 38.4 Å². The number of nitrogens with two attached hydrogens (primary N) is 1. The number of nitrogens with zero attached hydrogens (tertiary/aromatic N) is 1. The Labute approximate surface area is 114 Å². The molecule has 0 aliphatic rings. The molecule has 0 aliphatic carbocycles. The van der Waals surface area contributed by atoms with Crippen molar-refractivity contribution in [3.8, 4) is 5.75 Å². The molecule has 0 radical (unpaired) electrons. The van der Waals surface area contributed by atoms with Crippen molar-refractivity contribution in [3.63, 3.8) is 0 Å². The second kappa shape index (κ2) is 7.32. The maximum atomic E-state index is 11.6. The van der Waals surface area contributed by atoms with Crippen LogP contribution in [0.15, 0.2) is 24.3 Å². The molecule has 0 amide bonds. The molecular weight excluding hydrogens is 266 g/mol. The molecule has 0 aliphatic heterocycles. The van der Waals surface area contributed by atoms with Crippen LogP contribution in [-0.4, -0.2) is 52.9 Å². The lowest BCUT2D eigenvalue weighted by Gasteiger charge is -2.11. The van der Waals surface area contributed by atoms with E-state index in [9.17, 15) is 8.42 Å². The Balaban J connectivity index is 2.29. The molecule has 1 aromatic rings.